The lowest BCUT2D eigenvalue weighted by Crippen LogP contribution is -2.32. The Morgan fingerprint density at radius 3 is 2.74 bits per heavy atom. The number of ether oxygens (including phenoxy) is 1. The van der Waals surface area contributed by atoms with Crippen molar-refractivity contribution in [1.82, 2.24) is 19.9 Å². The highest BCUT2D eigenvalue weighted by molar-refractivity contribution is 6.35. The molecule has 2 aromatic carbocycles. The molecule has 9 nitrogen and oxygen atoms in total. The predicted molar refractivity (Wildman–Crippen MR) is 144 cm³/mol. The number of H-pyrrole nitrogens is 1. The zero-order valence-corrected chi connectivity index (χ0v) is 21.2. The summed E-state index contributed by atoms with van der Waals surface area (Å²) in [5.74, 6) is 1.09. The first-order valence-electron chi connectivity index (χ1n) is 12.0. The topological polar surface area (TPSA) is 105 Å². The molecule has 5 rings (SSSR count). The van der Waals surface area contributed by atoms with Gasteiger partial charge in [-0.3, -0.25) is 9.59 Å². The Bertz CT molecular complexity index is 1590. The number of nitrogens with zero attached hydrogens (tertiary/aromatic N) is 4. The van der Waals surface area contributed by atoms with Crippen molar-refractivity contribution < 1.29 is 14.3 Å². The number of anilines is 1. The lowest BCUT2D eigenvalue weighted by Gasteiger charge is -2.17. The highest BCUT2D eigenvalue weighted by Gasteiger charge is 2.29. The van der Waals surface area contributed by atoms with E-state index >= 15 is 0 Å². The molecule has 4 aromatic rings. The Kier molecular flexibility index (Phi) is 7.07. The highest BCUT2D eigenvalue weighted by Crippen LogP contribution is 2.32. The largest absolute Gasteiger partial charge is 0.457 e. The third kappa shape index (κ3) is 4.94. The molecular formula is C28H23ClN6O3. The molecule has 190 valence electrons. The van der Waals surface area contributed by atoms with Gasteiger partial charge in [0.25, 0.3) is 5.91 Å². The van der Waals surface area contributed by atoms with E-state index in [9.17, 15) is 9.59 Å². The summed E-state index contributed by atoms with van der Waals surface area (Å²) in [5.41, 5.74) is 1.29. The van der Waals surface area contributed by atoms with Gasteiger partial charge in [0.2, 0.25) is 5.70 Å². The number of likely N-dealkylation sites (tertiary alicyclic amines) is 1. The van der Waals surface area contributed by atoms with Gasteiger partial charge >= 0.3 is 0 Å². The van der Waals surface area contributed by atoms with Crippen LogP contribution in [0.3, 0.4) is 0 Å². The summed E-state index contributed by atoms with van der Waals surface area (Å²) in [6, 6.07) is 14.1. The van der Waals surface area contributed by atoms with Crippen molar-refractivity contribution in [2.75, 3.05) is 18.4 Å². The van der Waals surface area contributed by atoms with Gasteiger partial charge < -0.3 is 19.9 Å². The van der Waals surface area contributed by atoms with Crippen LogP contribution in [0, 0.1) is 6.57 Å². The number of ketones is 1. The second-order valence-corrected chi connectivity index (χ2v) is 9.11. The fourth-order valence-corrected chi connectivity index (χ4v) is 4.67. The number of para-hydroxylation sites is 1. The van der Waals surface area contributed by atoms with Crippen LogP contribution in [0.5, 0.6) is 11.5 Å². The molecule has 0 radical (unpaired) electrons. The average molecular weight is 527 g/mol. The van der Waals surface area contributed by atoms with Crippen LogP contribution in [0.1, 0.15) is 29.3 Å². The Hall–Kier alpha value is -4.68. The van der Waals surface area contributed by atoms with Crippen LogP contribution in [0.4, 0.5) is 5.82 Å². The van der Waals surface area contributed by atoms with Crippen molar-refractivity contribution >= 4 is 40.1 Å². The zero-order valence-electron chi connectivity index (χ0n) is 20.4. The second kappa shape index (κ2) is 10.7. The zero-order chi connectivity index (χ0) is 26.6. The van der Waals surface area contributed by atoms with E-state index < -0.39 is 0 Å². The van der Waals surface area contributed by atoms with Crippen LogP contribution in [0.25, 0.3) is 15.9 Å². The molecule has 10 heteroatoms. The number of benzene rings is 2. The van der Waals surface area contributed by atoms with E-state index in [0.717, 1.165) is 0 Å². The molecule has 0 aliphatic carbocycles. The van der Waals surface area contributed by atoms with Crippen LogP contribution in [-0.2, 0) is 4.79 Å². The van der Waals surface area contributed by atoms with Crippen LogP contribution in [-0.4, -0.2) is 50.7 Å². The van der Waals surface area contributed by atoms with Gasteiger partial charge in [-0.25, -0.2) is 14.8 Å². The van der Waals surface area contributed by atoms with E-state index in [1.54, 1.807) is 36.2 Å². The predicted octanol–water partition coefficient (Wildman–Crippen LogP) is 5.47. The number of halogens is 1. The quantitative estimate of drug-likeness (QED) is 0.188. The van der Waals surface area contributed by atoms with Crippen molar-refractivity contribution in [2.24, 2.45) is 0 Å². The number of nitrogens with one attached hydrogen (secondary N) is 2. The number of hydrogen-bond donors (Lipinski definition) is 2. The number of aromatic amines is 1. The summed E-state index contributed by atoms with van der Waals surface area (Å²) >= 11 is 6.51. The van der Waals surface area contributed by atoms with Gasteiger partial charge in [-0.1, -0.05) is 42.8 Å². The highest BCUT2D eigenvalue weighted by atomic mass is 35.5. The van der Waals surface area contributed by atoms with Crippen LogP contribution in [0.2, 0.25) is 5.02 Å². The van der Waals surface area contributed by atoms with Crippen LogP contribution < -0.4 is 10.1 Å². The van der Waals surface area contributed by atoms with Crippen molar-refractivity contribution in [2.45, 2.75) is 19.4 Å². The third-order valence-electron chi connectivity index (χ3n) is 6.31. The molecule has 2 N–H and O–H groups in total. The first-order valence-corrected chi connectivity index (χ1v) is 12.3. The van der Waals surface area contributed by atoms with E-state index in [-0.39, 0.29) is 28.5 Å². The van der Waals surface area contributed by atoms with Crippen LogP contribution >= 0.6 is 11.6 Å². The number of allylic oxidation sites excluding steroid dienone is 1. The van der Waals surface area contributed by atoms with E-state index in [2.05, 4.69) is 25.1 Å². The van der Waals surface area contributed by atoms with Crippen molar-refractivity contribution in [3.8, 4) is 11.5 Å². The van der Waals surface area contributed by atoms with Gasteiger partial charge in [0.15, 0.2) is 5.78 Å². The summed E-state index contributed by atoms with van der Waals surface area (Å²) in [6.45, 7) is 9.80. The lowest BCUT2D eigenvalue weighted by atomic mass is 10.0. The van der Waals surface area contributed by atoms with E-state index in [0.29, 0.717) is 59.0 Å². The molecule has 0 spiro atoms. The molecule has 0 bridgehead atoms. The number of carbonyl (C=O) groups excluding carboxylic acids is 2. The van der Waals surface area contributed by atoms with Crippen molar-refractivity contribution in [3.05, 3.63) is 100 Å². The number of rotatable bonds is 7. The Morgan fingerprint density at radius 1 is 1.18 bits per heavy atom. The number of carbonyl (C=O) groups is 2. The molecule has 0 saturated carbocycles. The monoisotopic (exact) mass is 526 g/mol. The van der Waals surface area contributed by atoms with Gasteiger partial charge in [0.1, 0.15) is 29.3 Å². The van der Waals surface area contributed by atoms with E-state index in [1.165, 1.54) is 12.4 Å². The number of hydrogen-bond acceptors (Lipinski definition) is 6. The molecule has 38 heavy (non-hydrogen) atoms. The van der Waals surface area contributed by atoms with Crippen molar-refractivity contribution in [3.63, 3.8) is 0 Å². The molecule has 1 atom stereocenters. The number of fused-ring (bicyclic) bond motifs is 1. The molecular weight excluding hydrogens is 504 g/mol. The SMILES string of the molecule is [C-]#[N+]/C(=C\C)C(=O)N1CCC(Nc2ncnc3[nH]cc(C(=O)c4ccc(Oc5ccccc5)cc4Cl)c23)C1. The van der Waals surface area contributed by atoms with Crippen molar-refractivity contribution in [1.29, 1.82) is 0 Å². The number of amides is 1. The first kappa shape index (κ1) is 25.0. The Labute approximate surface area is 223 Å². The second-order valence-electron chi connectivity index (χ2n) is 8.70. The van der Waals surface area contributed by atoms with Gasteiger partial charge in [-0.2, -0.15) is 0 Å². The summed E-state index contributed by atoms with van der Waals surface area (Å²) in [6.07, 6.45) is 5.20. The smallest absolute Gasteiger partial charge is 0.252 e. The molecule has 3 heterocycles. The Morgan fingerprint density at radius 2 is 2.00 bits per heavy atom. The maximum absolute atomic E-state index is 13.6. The normalized spacial score (nSPS) is 15.3. The van der Waals surface area contributed by atoms with Gasteiger partial charge in [-0.15, -0.1) is 0 Å². The minimum absolute atomic E-state index is 0.100. The molecule has 1 unspecified atom stereocenters. The van der Waals surface area contributed by atoms with Gasteiger partial charge in [-0.05, 0) is 30.7 Å². The number of aromatic nitrogens is 3. The maximum Gasteiger partial charge on any atom is 0.252 e. The summed E-state index contributed by atoms with van der Waals surface area (Å²) < 4.78 is 5.82. The fourth-order valence-electron chi connectivity index (χ4n) is 4.42. The fraction of sp³-hybridized carbons (Fsp3) is 0.179. The lowest BCUT2D eigenvalue weighted by molar-refractivity contribution is -0.125. The van der Waals surface area contributed by atoms with E-state index in [1.807, 2.05) is 30.3 Å². The van der Waals surface area contributed by atoms with Gasteiger partial charge in [0.05, 0.1) is 22.5 Å². The maximum atomic E-state index is 13.6. The Balaban J connectivity index is 1.38. The summed E-state index contributed by atoms with van der Waals surface area (Å²) in [5, 5.41) is 4.16. The third-order valence-corrected chi connectivity index (χ3v) is 6.62. The minimum atomic E-state index is -0.289. The molecule has 1 saturated heterocycles. The van der Waals surface area contributed by atoms with Crippen LogP contribution in [0.15, 0.2) is 72.8 Å². The standard InChI is InChI=1S/C28H23ClN6O3/c1-3-23(30-2)28(37)35-12-11-17(15-35)34-27-24-21(14-31-26(24)32-16-33-27)25(36)20-10-9-19(13-22(20)29)38-18-7-5-4-6-8-18/h3-10,13-14,16-17H,11-12,15H2,1H3,(H2,31,32,33,34)/b23-3-. The van der Waals surface area contributed by atoms with E-state index in [4.69, 9.17) is 22.9 Å². The minimum Gasteiger partial charge on any atom is -0.457 e. The first-order chi connectivity index (χ1) is 18.5. The summed E-state index contributed by atoms with van der Waals surface area (Å²) in [7, 11) is 0. The molecule has 1 aliphatic rings. The summed E-state index contributed by atoms with van der Waals surface area (Å²) in [4.78, 5) is 42.8. The van der Waals surface area contributed by atoms with Gasteiger partial charge in [0, 0.05) is 37.0 Å². The molecule has 2 aromatic heterocycles. The molecule has 1 aliphatic heterocycles. The molecule has 1 fully saturated rings. The molecule has 1 amide bonds. The average Bonchev–Trinajstić information content (AvgIpc) is 3.58.